The zero-order valence-corrected chi connectivity index (χ0v) is 23.9. The summed E-state index contributed by atoms with van der Waals surface area (Å²) in [6, 6.07) is 10.9. The second-order valence-corrected chi connectivity index (χ2v) is 11.3. The third kappa shape index (κ3) is 5.74. The molecule has 1 aliphatic carbocycles. The van der Waals surface area contributed by atoms with E-state index in [1.807, 2.05) is 13.1 Å². The number of aryl methyl sites for hydroxylation is 1. The highest BCUT2D eigenvalue weighted by molar-refractivity contribution is 5.98. The van der Waals surface area contributed by atoms with Crippen molar-refractivity contribution in [1.82, 2.24) is 5.32 Å². The number of methoxy groups -OCH3 is 2. The highest BCUT2D eigenvalue weighted by Crippen LogP contribution is 2.41. The van der Waals surface area contributed by atoms with Crippen LogP contribution in [0, 0.1) is 5.41 Å². The maximum Gasteiger partial charge on any atom is 0.339 e. The number of urea groups is 1. The highest BCUT2D eigenvalue weighted by atomic mass is 16.5. The Balaban J connectivity index is 1.74. The minimum atomic E-state index is -1.09. The van der Waals surface area contributed by atoms with E-state index in [2.05, 4.69) is 50.4 Å². The summed E-state index contributed by atoms with van der Waals surface area (Å²) in [5.41, 5.74) is 6.17. The third-order valence-electron chi connectivity index (χ3n) is 8.15. The molecule has 7 heteroatoms. The number of nitrogens with zero attached hydrogens (tertiary/aromatic N) is 1. The van der Waals surface area contributed by atoms with Crippen LogP contribution in [0.3, 0.4) is 0 Å². The molecule has 0 radical (unpaired) electrons. The van der Waals surface area contributed by atoms with Crippen LogP contribution in [0.5, 0.6) is 5.75 Å². The second-order valence-electron chi connectivity index (χ2n) is 11.3. The molecule has 208 valence electrons. The van der Waals surface area contributed by atoms with Crippen LogP contribution in [-0.2, 0) is 16.7 Å². The monoisotopic (exact) mass is 532 g/mol. The van der Waals surface area contributed by atoms with Crippen molar-refractivity contribution in [3.63, 3.8) is 0 Å². The number of ether oxygens (including phenoxy) is 2. The van der Waals surface area contributed by atoms with Crippen LogP contribution in [0.1, 0.15) is 80.4 Å². The quantitative estimate of drug-likeness (QED) is 0.366. The molecule has 2 N–H and O–H groups in total. The Hall–Kier alpha value is -3.58. The molecule has 39 heavy (non-hydrogen) atoms. The Morgan fingerprint density at radius 2 is 1.90 bits per heavy atom. The number of carbonyl (C=O) groups excluding carboxylic acids is 1. The Morgan fingerprint density at radius 1 is 1.13 bits per heavy atom. The number of carboxylic acid groups (broad SMARTS) is 1. The molecule has 1 aliphatic heterocycles. The Bertz CT molecular complexity index is 1330. The molecule has 0 fully saturated rings. The van der Waals surface area contributed by atoms with Gasteiger partial charge in [-0.3, -0.25) is 4.90 Å². The minimum Gasteiger partial charge on any atom is -0.496 e. The first-order chi connectivity index (χ1) is 18.5. The molecule has 2 amide bonds. The summed E-state index contributed by atoms with van der Waals surface area (Å²) < 4.78 is 10.7. The summed E-state index contributed by atoms with van der Waals surface area (Å²) in [5.74, 6) is -0.898. The van der Waals surface area contributed by atoms with E-state index in [9.17, 15) is 14.7 Å². The van der Waals surface area contributed by atoms with E-state index < -0.39 is 11.5 Å². The second kappa shape index (κ2) is 11.3. The Labute approximate surface area is 231 Å². The highest BCUT2D eigenvalue weighted by Gasteiger charge is 2.39. The van der Waals surface area contributed by atoms with Gasteiger partial charge in [0.25, 0.3) is 0 Å². The van der Waals surface area contributed by atoms with E-state index in [1.54, 1.807) is 19.2 Å². The van der Waals surface area contributed by atoms with E-state index in [4.69, 9.17) is 9.47 Å². The lowest BCUT2D eigenvalue weighted by Crippen LogP contribution is -2.54. The fourth-order valence-electron chi connectivity index (χ4n) is 5.51. The van der Waals surface area contributed by atoms with Crippen molar-refractivity contribution >= 4 is 23.3 Å². The van der Waals surface area contributed by atoms with Crippen molar-refractivity contribution in [3.8, 4) is 5.75 Å². The van der Waals surface area contributed by atoms with Gasteiger partial charge in [-0.1, -0.05) is 45.0 Å². The fourth-order valence-corrected chi connectivity index (χ4v) is 5.51. The van der Waals surface area contributed by atoms with Gasteiger partial charge in [0.2, 0.25) is 0 Å². The number of rotatable bonds is 9. The molecule has 0 aromatic heterocycles. The van der Waals surface area contributed by atoms with Gasteiger partial charge in [-0.15, -0.1) is 0 Å². The molecular weight excluding hydrogens is 492 g/mol. The number of hydrogen-bond donors (Lipinski definition) is 2. The maximum atomic E-state index is 13.5. The number of allylic oxidation sites excluding steroid dienone is 2. The minimum absolute atomic E-state index is 0.0379. The number of carbonyl (C=O) groups is 2. The fraction of sp³-hybridized carbons (Fsp3) is 0.438. The molecule has 2 aromatic rings. The normalized spacial score (nSPS) is 20.7. The summed E-state index contributed by atoms with van der Waals surface area (Å²) >= 11 is 0. The number of carboxylic acids is 1. The summed E-state index contributed by atoms with van der Waals surface area (Å²) in [6.45, 7) is 9.35. The predicted octanol–water partition coefficient (Wildman–Crippen LogP) is 6.91. The number of amides is 2. The van der Waals surface area contributed by atoms with Crippen LogP contribution in [0.4, 0.5) is 10.5 Å². The smallest absolute Gasteiger partial charge is 0.339 e. The lowest BCUT2D eigenvalue weighted by Gasteiger charge is -2.41. The van der Waals surface area contributed by atoms with Gasteiger partial charge in [0.15, 0.2) is 0 Å². The largest absolute Gasteiger partial charge is 0.496 e. The first-order valence-electron chi connectivity index (χ1n) is 13.6. The van der Waals surface area contributed by atoms with Crippen molar-refractivity contribution in [2.45, 2.75) is 65.3 Å². The Kier molecular flexibility index (Phi) is 8.21. The van der Waals surface area contributed by atoms with Crippen molar-refractivity contribution < 1.29 is 24.2 Å². The summed E-state index contributed by atoms with van der Waals surface area (Å²) in [7, 11) is 3.08. The molecule has 1 atom stereocenters. The van der Waals surface area contributed by atoms with Gasteiger partial charge >= 0.3 is 12.0 Å². The van der Waals surface area contributed by atoms with Gasteiger partial charge in [-0.2, -0.15) is 0 Å². The average molecular weight is 533 g/mol. The van der Waals surface area contributed by atoms with E-state index in [0.717, 1.165) is 30.4 Å². The van der Waals surface area contributed by atoms with Crippen LogP contribution >= 0.6 is 0 Å². The summed E-state index contributed by atoms with van der Waals surface area (Å²) in [6.07, 6.45) is 9.08. The third-order valence-corrected chi connectivity index (χ3v) is 8.15. The summed E-state index contributed by atoms with van der Waals surface area (Å²) in [5, 5.41) is 12.7. The van der Waals surface area contributed by atoms with Gasteiger partial charge in [0, 0.05) is 19.4 Å². The number of anilines is 1. The zero-order chi connectivity index (χ0) is 28.4. The van der Waals surface area contributed by atoms with Crippen molar-refractivity contribution in [2.75, 3.05) is 25.7 Å². The lowest BCUT2D eigenvalue weighted by atomic mass is 9.75. The molecule has 2 aliphatic rings. The van der Waals surface area contributed by atoms with Crippen LogP contribution in [0.15, 0.2) is 54.2 Å². The number of nitrogens with one attached hydrogen (secondary N) is 1. The molecule has 1 heterocycles. The van der Waals surface area contributed by atoms with Crippen LogP contribution in [0.25, 0.3) is 5.57 Å². The summed E-state index contributed by atoms with van der Waals surface area (Å²) in [4.78, 5) is 26.6. The van der Waals surface area contributed by atoms with Crippen molar-refractivity contribution in [1.29, 1.82) is 0 Å². The molecule has 0 spiro atoms. The molecule has 0 saturated heterocycles. The molecule has 0 bridgehead atoms. The zero-order valence-electron chi connectivity index (χ0n) is 23.9. The molecule has 0 saturated carbocycles. The standard InChI is InChI=1S/C32H40N2O5/c1-7-21-18-23(8-10-26(21)22-12-15-31(2,3)16-13-22)32(4)24(14-17-38-5)20-34(30(37)33-32)25-9-11-27(29(35)36)28(19-25)39-6/h8-12,18-20H,7,13-17H2,1-6H3,(H,33,37)(H,35,36)/t32-/m0/s1. The average Bonchev–Trinajstić information content (AvgIpc) is 2.91. The van der Waals surface area contributed by atoms with Gasteiger partial charge < -0.3 is 19.9 Å². The maximum absolute atomic E-state index is 13.5. The SMILES string of the molecule is CCc1cc([C@]2(C)NC(=O)N(c3ccc(C(=O)O)c(OC)c3)C=C2CCOC)ccc1C1=CCC(C)(C)CC1. The number of hydrogen-bond acceptors (Lipinski definition) is 4. The molecule has 0 unspecified atom stereocenters. The van der Waals surface area contributed by atoms with E-state index in [1.165, 1.54) is 41.2 Å². The molecule has 2 aromatic carbocycles. The molecule has 4 rings (SSSR count). The van der Waals surface area contributed by atoms with E-state index in [0.29, 0.717) is 24.1 Å². The van der Waals surface area contributed by atoms with Gasteiger partial charge in [0.1, 0.15) is 11.3 Å². The van der Waals surface area contributed by atoms with Gasteiger partial charge in [-0.05, 0) is 84.4 Å². The van der Waals surface area contributed by atoms with Crippen molar-refractivity contribution in [3.05, 3.63) is 76.5 Å². The van der Waals surface area contributed by atoms with E-state index >= 15 is 0 Å². The molecule has 7 nitrogen and oxygen atoms in total. The number of aromatic carboxylic acids is 1. The topological polar surface area (TPSA) is 88.1 Å². The predicted molar refractivity (Wildman–Crippen MR) is 154 cm³/mol. The lowest BCUT2D eigenvalue weighted by molar-refractivity contribution is 0.0693. The first-order valence-corrected chi connectivity index (χ1v) is 13.6. The van der Waals surface area contributed by atoms with Crippen molar-refractivity contribution in [2.24, 2.45) is 5.41 Å². The number of benzene rings is 2. The molecular formula is C32H40N2O5. The first kappa shape index (κ1) is 28.4. The van der Waals surface area contributed by atoms with E-state index in [-0.39, 0.29) is 17.3 Å². The Morgan fingerprint density at radius 3 is 2.51 bits per heavy atom. The van der Waals surface area contributed by atoms with Crippen LogP contribution in [-0.4, -0.2) is 37.9 Å². The van der Waals surface area contributed by atoms with Crippen LogP contribution in [0.2, 0.25) is 0 Å². The van der Waals surface area contributed by atoms with Gasteiger partial charge in [0.05, 0.1) is 24.9 Å². The van der Waals surface area contributed by atoms with Gasteiger partial charge in [-0.25, -0.2) is 9.59 Å². The van der Waals surface area contributed by atoms with Crippen LogP contribution < -0.4 is 15.0 Å².